The van der Waals surface area contributed by atoms with Crippen LogP contribution in [0.15, 0.2) is 12.1 Å². The Morgan fingerprint density at radius 1 is 1.55 bits per heavy atom. The largest absolute Gasteiger partial charge is 0.258 e. The first kappa shape index (κ1) is 7.11. The number of halogens is 1. The van der Waals surface area contributed by atoms with Gasteiger partial charge in [-0.15, -0.1) is 11.6 Å². The van der Waals surface area contributed by atoms with Crippen molar-refractivity contribution in [3.8, 4) is 0 Å². The fraction of sp³-hybridized carbons (Fsp3) is 0.444. The molecule has 0 aliphatic heterocycles. The number of aromatic nitrogens is 1. The van der Waals surface area contributed by atoms with Crippen LogP contribution in [0.3, 0.4) is 0 Å². The summed E-state index contributed by atoms with van der Waals surface area (Å²) in [5.74, 6) is 0. The number of rotatable bonds is 0. The Kier molecular flexibility index (Phi) is 1.61. The lowest BCUT2D eigenvalue weighted by molar-refractivity contribution is 0.872. The van der Waals surface area contributed by atoms with E-state index in [-0.39, 0.29) is 5.38 Å². The summed E-state index contributed by atoms with van der Waals surface area (Å²) in [6.45, 7) is 2.02. The second kappa shape index (κ2) is 2.49. The van der Waals surface area contributed by atoms with Gasteiger partial charge >= 0.3 is 0 Å². The number of hydrogen-bond donors (Lipinski definition) is 0. The van der Waals surface area contributed by atoms with Crippen LogP contribution in [0, 0.1) is 6.92 Å². The molecule has 0 saturated carbocycles. The van der Waals surface area contributed by atoms with Gasteiger partial charge in [-0.05, 0) is 31.4 Å². The minimum absolute atomic E-state index is 0.207. The summed E-state index contributed by atoms with van der Waals surface area (Å²) in [5.41, 5.74) is 3.52. The monoisotopic (exact) mass is 167 g/mol. The van der Waals surface area contributed by atoms with Crippen LogP contribution >= 0.6 is 11.6 Å². The smallest absolute Gasteiger partial charge is 0.0606 e. The van der Waals surface area contributed by atoms with Crippen molar-refractivity contribution in [2.24, 2.45) is 0 Å². The highest BCUT2D eigenvalue weighted by Crippen LogP contribution is 2.34. The first-order chi connectivity index (χ1) is 5.27. The van der Waals surface area contributed by atoms with Gasteiger partial charge in [0.05, 0.1) is 5.38 Å². The number of fused-ring (bicyclic) bond motifs is 1. The second-order valence-corrected chi connectivity index (χ2v) is 3.52. The number of alkyl halides is 1. The summed E-state index contributed by atoms with van der Waals surface area (Å²) in [5, 5.41) is 0.207. The van der Waals surface area contributed by atoms with E-state index in [1.54, 1.807) is 0 Å². The molecule has 1 heterocycles. The highest BCUT2D eigenvalue weighted by atomic mass is 35.5. The molecule has 0 bridgehead atoms. The van der Waals surface area contributed by atoms with Gasteiger partial charge in [0.15, 0.2) is 0 Å². The first-order valence-electron chi connectivity index (χ1n) is 3.88. The molecule has 0 radical (unpaired) electrons. The Bertz CT molecular complexity index is 283. The summed E-state index contributed by atoms with van der Waals surface area (Å²) in [4.78, 5) is 4.42. The fourth-order valence-electron chi connectivity index (χ4n) is 1.53. The molecule has 1 aromatic rings. The maximum absolute atomic E-state index is 6.06. The molecule has 0 fully saturated rings. The Morgan fingerprint density at radius 3 is 3.18 bits per heavy atom. The molecule has 1 nitrogen and oxygen atoms in total. The highest BCUT2D eigenvalue weighted by Gasteiger charge is 2.20. The molecule has 0 spiro atoms. The maximum Gasteiger partial charge on any atom is 0.0606 e. The van der Waals surface area contributed by atoms with Crippen molar-refractivity contribution in [1.29, 1.82) is 0 Å². The van der Waals surface area contributed by atoms with Crippen LogP contribution < -0.4 is 0 Å². The van der Waals surface area contributed by atoms with Crippen molar-refractivity contribution >= 4 is 11.6 Å². The Hall–Kier alpha value is -0.560. The van der Waals surface area contributed by atoms with E-state index in [1.807, 2.05) is 13.0 Å². The van der Waals surface area contributed by atoms with Gasteiger partial charge in [0.1, 0.15) is 0 Å². The standard InChI is InChI=1S/C9H10ClN/c1-6-2-3-7-8(10)4-5-9(7)11-6/h2-3,8H,4-5H2,1H3. The average molecular weight is 168 g/mol. The van der Waals surface area contributed by atoms with Gasteiger partial charge in [-0.1, -0.05) is 6.07 Å². The van der Waals surface area contributed by atoms with Crippen LogP contribution in [-0.2, 0) is 6.42 Å². The van der Waals surface area contributed by atoms with Crippen LogP contribution in [-0.4, -0.2) is 4.98 Å². The summed E-state index contributed by atoms with van der Waals surface area (Å²) >= 11 is 6.06. The molecule has 1 aromatic heterocycles. The molecule has 1 aliphatic rings. The van der Waals surface area contributed by atoms with E-state index >= 15 is 0 Å². The molecular formula is C9H10ClN. The van der Waals surface area contributed by atoms with Gasteiger partial charge in [0.2, 0.25) is 0 Å². The number of hydrogen-bond acceptors (Lipinski definition) is 1. The average Bonchev–Trinajstić information content (AvgIpc) is 2.32. The molecule has 1 unspecified atom stereocenters. The number of pyridine rings is 1. The topological polar surface area (TPSA) is 12.9 Å². The van der Waals surface area contributed by atoms with E-state index in [1.165, 1.54) is 11.3 Å². The summed E-state index contributed by atoms with van der Waals surface area (Å²) in [6, 6.07) is 4.13. The lowest BCUT2D eigenvalue weighted by Gasteiger charge is -2.01. The molecule has 0 N–H and O–H groups in total. The van der Waals surface area contributed by atoms with Crippen molar-refractivity contribution in [3.05, 3.63) is 29.1 Å². The van der Waals surface area contributed by atoms with E-state index in [2.05, 4.69) is 11.1 Å². The highest BCUT2D eigenvalue weighted by molar-refractivity contribution is 6.21. The van der Waals surface area contributed by atoms with Crippen LogP contribution in [0.4, 0.5) is 0 Å². The summed E-state index contributed by atoms with van der Waals surface area (Å²) in [7, 11) is 0. The van der Waals surface area contributed by atoms with Crippen LogP contribution in [0.1, 0.15) is 28.7 Å². The van der Waals surface area contributed by atoms with Gasteiger partial charge in [-0.2, -0.15) is 0 Å². The second-order valence-electron chi connectivity index (χ2n) is 2.99. The molecule has 0 aromatic carbocycles. The third kappa shape index (κ3) is 1.14. The van der Waals surface area contributed by atoms with E-state index in [9.17, 15) is 0 Å². The Morgan fingerprint density at radius 2 is 2.36 bits per heavy atom. The zero-order chi connectivity index (χ0) is 7.84. The van der Waals surface area contributed by atoms with Gasteiger partial charge in [-0.25, -0.2) is 0 Å². The van der Waals surface area contributed by atoms with E-state index in [4.69, 9.17) is 11.6 Å². The number of aryl methyl sites for hydroxylation is 2. The van der Waals surface area contributed by atoms with Crippen LogP contribution in [0.25, 0.3) is 0 Å². The maximum atomic E-state index is 6.06. The predicted molar refractivity (Wildman–Crippen MR) is 45.9 cm³/mol. The van der Waals surface area contributed by atoms with Gasteiger partial charge in [-0.3, -0.25) is 4.98 Å². The molecule has 1 aliphatic carbocycles. The summed E-state index contributed by atoms with van der Waals surface area (Å²) in [6.07, 6.45) is 2.10. The molecular weight excluding hydrogens is 158 g/mol. The van der Waals surface area contributed by atoms with Gasteiger partial charge in [0.25, 0.3) is 0 Å². The van der Waals surface area contributed by atoms with Crippen LogP contribution in [0.2, 0.25) is 0 Å². The Balaban J connectivity index is 2.50. The van der Waals surface area contributed by atoms with E-state index in [0.717, 1.165) is 18.5 Å². The molecule has 2 heteroatoms. The predicted octanol–water partition coefficient (Wildman–Crippen LogP) is 2.62. The molecule has 0 amide bonds. The quantitative estimate of drug-likeness (QED) is 0.542. The number of nitrogens with zero attached hydrogens (tertiary/aromatic N) is 1. The van der Waals surface area contributed by atoms with E-state index in [0.29, 0.717) is 0 Å². The van der Waals surface area contributed by atoms with Gasteiger partial charge in [0, 0.05) is 11.4 Å². The molecule has 1 atom stereocenters. The lowest BCUT2D eigenvalue weighted by Crippen LogP contribution is -1.90. The van der Waals surface area contributed by atoms with E-state index < -0.39 is 0 Å². The SMILES string of the molecule is Cc1ccc2c(n1)CCC2Cl. The van der Waals surface area contributed by atoms with Gasteiger partial charge < -0.3 is 0 Å². The third-order valence-electron chi connectivity index (χ3n) is 2.12. The van der Waals surface area contributed by atoms with Crippen molar-refractivity contribution in [2.45, 2.75) is 25.1 Å². The van der Waals surface area contributed by atoms with Crippen molar-refractivity contribution < 1.29 is 0 Å². The van der Waals surface area contributed by atoms with Crippen molar-refractivity contribution in [1.82, 2.24) is 4.98 Å². The molecule has 0 saturated heterocycles. The minimum atomic E-state index is 0.207. The first-order valence-corrected chi connectivity index (χ1v) is 4.31. The zero-order valence-corrected chi connectivity index (χ0v) is 7.23. The van der Waals surface area contributed by atoms with Crippen molar-refractivity contribution in [3.63, 3.8) is 0 Å². The summed E-state index contributed by atoms with van der Waals surface area (Å²) < 4.78 is 0. The Labute approximate surface area is 71.4 Å². The molecule has 2 rings (SSSR count). The molecule has 11 heavy (non-hydrogen) atoms. The normalized spacial score (nSPS) is 21.8. The van der Waals surface area contributed by atoms with Crippen molar-refractivity contribution in [2.75, 3.05) is 0 Å². The molecule has 58 valence electrons. The van der Waals surface area contributed by atoms with Crippen LogP contribution in [0.5, 0.6) is 0 Å². The minimum Gasteiger partial charge on any atom is -0.258 e. The fourth-order valence-corrected chi connectivity index (χ4v) is 1.83. The zero-order valence-electron chi connectivity index (χ0n) is 6.47. The third-order valence-corrected chi connectivity index (χ3v) is 2.57. The lowest BCUT2D eigenvalue weighted by atomic mass is 10.2.